The summed E-state index contributed by atoms with van der Waals surface area (Å²) >= 11 is 3.40. The Bertz CT molecular complexity index is 651. The second-order valence-electron chi connectivity index (χ2n) is 3.99. The highest BCUT2D eigenvalue weighted by atomic mass is 79.9. The van der Waals surface area contributed by atoms with E-state index in [2.05, 4.69) is 20.9 Å². The standard InChI is InChI=1S/C15H12BrNO3/c1-20-14-7-2-10(8-13(14)16)9-17-12-5-3-11(4-6-12)15(18)19/h2-9H,1H3,(H,18,19)/p-1. The summed E-state index contributed by atoms with van der Waals surface area (Å²) in [5.41, 5.74) is 1.71. The highest BCUT2D eigenvalue weighted by molar-refractivity contribution is 9.10. The monoisotopic (exact) mass is 332 g/mol. The average Bonchev–Trinajstić information content (AvgIpc) is 2.45. The molecule has 0 N–H and O–H groups in total. The fraction of sp³-hybridized carbons (Fsp3) is 0.0667. The zero-order valence-electron chi connectivity index (χ0n) is 10.7. The first-order chi connectivity index (χ1) is 9.60. The molecule has 2 rings (SSSR count). The van der Waals surface area contributed by atoms with Gasteiger partial charge in [0.2, 0.25) is 0 Å². The minimum Gasteiger partial charge on any atom is -0.545 e. The van der Waals surface area contributed by atoms with Gasteiger partial charge < -0.3 is 14.6 Å². The van der Waals surface area contributed by atoms with Crippen LogP contribution in [0.1, 0.15) is 15.9 Å². The first-order valence-corrected chi connectivity index (χ1v) is 6.58. The summed E-state index contributed by atoms with van der Waals surface area (Å²) in [5, 5.41) is 10.6. The predicted octanol–water partition coefficient (Wildman–Crippen LogP) is 2.57. The number of aromatic carboxylic acids is 1. The summed E-state index contributed by atoms with van der Waals surface area (Å²) in [4.78, 5) is 14.9. The molecule has 2 aromatic carbocycles. The van der Waals surface area contributed by atoms with Crippen molar-refractivity contribution in [3.63, 3.8) is 0 Å². The van der Waals surface area contributed by atoms with Crippen molar-refractivity contribution in [2.24, 2.45) is 4.99 Å². The number of hydrogen-bond donors (Lipinski definition) is 0. The maximum atomic E-state index is 10.6. The van der Waals surface area contributed by atoms with Crippen molar-refractivity contribution in [3.8, 4) is 5.75 Å². The number of halogens is 1. The molecular formula is C15H11BrNO3-. The van der Waals surface area contributed by atoms with Crippen molar-refractivity contribution in [2.75, 3.05) is 7.11 Å². The van der Waals surface area contributed by atoms with Gasteiger partial charge in [0, 0.05) is 6.21 Å². The number of carbonyl (C=O) groups is 1. The largest absolute Gasteiger partial charge is 0.545 e. The summed E-state index contributed by atoms with van der Waals surface area (Å²) < 4.78 is 5.99. The molecule has 0 unspecified atom stereocenters. The molecule has 102 valence electrons. The Morgan fingerprint density at radius 1 is 1.25 bits per heavy atom. The maximum Gasteiger partial charge on any atom is 0.133 e. The van der Waals surface area contributed by atoms with Gasteiger partial charge in [-0.15, -0.1) is 0 Å². The molecule has 0 bridgehead atoms. The molecule has 20 heavy (non-hydrogen) atoms. The van der Waals surface area contributed by atoms with Gasteiger partial charge in [-0.2, -0.15) is 0 Å². The molecule has 2 aromatic rings. The van der Waals surface area contributed by atoms with Gasteiger partial charge in [-0.1, -0.05) is 12.1 Å². The third-order valence-corrected chi connectivity index (χ3v) is 3.26. The second kappa shape index (κ2) is 6.34. The Balaban J connectivity index is 2.16. The normalized spacial score (nSPS) is 10.7. The molecular weight excluding hydrogens is 322 g/mol. The number of nitrogens with zero attached hydrogens (tertiary/aromatic N) is 1. The molecule has 0 aliphatic heterocycles. The van der Waals surface area contributed by atoms with Crippen molar-refractivity contribution in [1.29, 1.82) is 0 Å². The highest BCUT2D eigenvalue weighted by Crippen LogP contribution is 2.25. The maximum absolute atomic E-state index is 10.6. The number of carbonyl (C=O) groups excluding carboxylic acids is 1. The van der Waals surface area contributed by atoms with E-state index in [-0.39, 0.29) is 5.56 Å². The van der Waals surface area contributed by atoms with E-state index in [1.807, 2.05) is 18.2 Å². The first-order valence-electron chi connectivity index (χ1n) is 5.79. The van der Waals surface area contributed by atoms with E-state index in [0.29, 0.717) is 5.69 Å². The lowest BCUT2D eigenvalue weighted by atomic mass is 10.2. The molecule has 4 nitrogen and oxygen atoms in total. The van der Waals surface area contributed by atoms with Gasteiger partial charge in [0.25, 0.3) is 0 Å². The Labute approximate surface area is 124 Å². The van der Waals surface area contributed by atoms with Gasteiger partial charge in [0.15, 0.2) is 0 Å². The number of benzene rings is 2. The topological polar surface area (TPSA) is 61.7 Å². The van der Waals surface area contributed by atoms with Crippen molar-refractivity contribution < 1.29 is 14.6 Å². The van der Waals surface area contributed by atoms with Crippen LogP contribution in [0.2, 0.25) is 0 Å². The number of rotatable bonds is 4. The van der Waals surface area contributed by atoms with Gasteiger partial charge in [-0.05, 0) is 57.4 Å². The van der Waals surface area contributed by atoms with E-state index in [0.717, 1.165) is 15.8 Å². The van der Waals surface area contributed by atoms with Crippen LogP contribution in [0, 0.1) is 0 Å². The third-order valence-electron chi connectivity index (χ3n) is 2.64. The summed E-state index contributed by atoms with van der Waals surface area (Å²) in [6.45, 7) is 0. The van der Waals surface area contributed by atoms with Crippen molar-refractivity contribution in [1.82, 2.24) is 0 Å². The first kappa shape index (κ1) is 14.3. The Morgan fingerprint density at radius 2 is 1.95 bits per heavy atom. The zero-order valence-corrected chi connectivity index (χ0v) is 12.3. The lowest BCUT2D eigenvalue weighted by molar-refractivity contribution is -0.255. The zero-order chi connectivity index (χ0) is 14.5. The molecule has 0 aliphatic carbocycles. The number of hydrogen-bond acceptors (Lipinski definition) is 4. The van der Waals surface area contributed by atoms with Crippen LogP contribution in [0.3, 0.4) is 0 Å². The van der Waals surface area contributed by atoms with E-state index >= 15 is 0 Å². The molecule has 0 amide bonds. The van der Waals surface area contributed by atoms with Crippen LogP contribution in [-0.4, -0.2) is 19.3 Å². The van der Waals surface area contributed by atoms with E-state index in [1.54, 1.807) is 25.5 Å². The molecule has 0 heterocycles. The van der Waals surface area contributed by atoms with E-state index in [9.17, 15) is 9.90 Å². The fourth-order valence-corrected chi connectivity index (χ4v) is 2.15. The van der Waals surface area contributed by atoms with Crippen molar-refractivity contribution in [3.05, 3.63) is 58.1 Å². The van der Waals surface area contributed by atoms with Crippen LogP contribution in [0.25, 0.3) is 0 Å². The van der Waals surface area contributed by atoms with Crippen LogP contribution in [0.4, 0.5) is 5.69 Å². The average molecular weight is 333 g/mol. The molecule has 0 saturated carbocycles. The van der Waals surface area contributed by atoms with Crippen molar-refractivity contribution >= 4 is 33.8 Å². The van der Waals surface area contributed by atoms with Gasteiger partial charge in [-0.3, -0.25) is 4.99 Å². The Morgan fingerprint density at radius 3 is 2.50 bits per heavy atom. The minimum atomic E-state index is -1.19. The van der Waals surface area contributed by atoms with Gasteiger partial charge >= 0.3 is 0 Å². The van der Waals surface area contributed by atoms with Crippen LogP contribution in [0.5, 0.6) is 5.75 Å². The van der Waals surface area contributed by atoms with E-state index in [4.69, 9.17) is 4.74 Å². The summed E-state index contributed by atoms with van der Waals surface area (Å²) in [6, 6.07) is 11.8. The van der Waals surface area contributed by atoms with Crippen LogP contribution < -0.4 is 9.84 Å². The highest BCUT2D eigenvalue weighted by Gasteiger charge is 1.99. The number of aliphatic imine (C=N–C) groups is 1. The third kappa shape index (κ3) is 3.45. The summed E-state index contributed by atoms with van der Waals surface area (Å²) in [6.07, 6.45) is 1.69. The molecule has 0 spiro atoms. The lowest BCUT2D eigenvalue weighted by Gasteiger charge is -2.03. The number of ether oxygens (including phenoxy) is 1. The minimum absolute atomic E-state index is 0.135. The van der Waals surface area contributed by atoms with Crippen LogP contribution >= 0.6 is 15.9 Å². The molecule has 0 fully saturated rings. The molecule has 0 aromatic heterocycles. The number of carboxylic acids is 1. The number of methoxy groups -OCH3 is 1. The predicted molar refractivity (Wildman–Crippen MR) is 78.7 cm³/mol. The Kier molecular flexibility index (Phi) is 4.53. The smallest absolute Gasteiger partial charge is 0.133 e. The van der Waals surface area contributed by atoms with E-state index < -0.39 is 5.97 Å². The van der Waals surface area contributed by atoms with Crippen LogP contribution in [-0.2, 0) is 0 Å². The summed E-state index contributed by atoms with van der Waals surface area (Å²) in [7, 11) is 1.60. The van der Waals surface area contributed by atoms with Crippen LogP contribution in [0.15, 0.2) is 51.9 Å². The molecule has 0 aliphatic rings. The Hall–Kier alpha value is -2.14. The SMILES string of the molecule is COc1ccc(C=Nc2ccc(C(=O)[O-])cc2)cc1Br. The van der Waals surface area contributed by atoms with Crippen molar-refractivity contribution in [2.45, 2.75) is 0 Å². The lowest BCUT2D eigenvalue weighted by Crippen LogP contribution is -2.21. The molecule has 0 radical (unpaired) electrons. The van der Waals surface area contributed by atoms with Gasteiger partial charge in [-0.25, -0.2) is 0 Å². The molecule has 5 heteroatoms. The summed E-state index contributed by atoms with van der Waals surface area (Å²) in [5.74, 6) is -0.444. The second-order valence-corrected chi connectivity index (χ2v) is 4.84. The van der Waals surface area contributed by atoms with E-state index in [1.165, 1.54) is 12.1 Å². The molecule has 0 saturated heterocycles. The molecule has 0 atom stereocenters. The quantitative estimate of drug-likeness (QED) is 0.808. The fourth-order valence-electron chi connectivity index (χ4n) is 1.60. The van der Waals surface area contributed by atoms with Gasteiger partial charge in [0.1, 0.15) is 5.75 Å². The van der Waals surface area contributed by atoms with Gasteiger partial charge in [0.05, 0.1) is 23.2 Å². The number of carboxylic acid groups (broad SMARTS) is 1.